The topological polar surface area (TPSA) is 37.8 Å². The molecule has 1 N–H and O–H groups in total. The van der Waals surface area contributed by atoms with Gasteiger partial charge in [0.1, 0.15) is 0 Å². The number of nitrogens with one attached hydrogen (secondary N) is 1. The Morgan fingerprint density at radius 3 is 2.57 bits per heavy atom. The van der Waals surface area contributed by atoms with E-state index in [-0.39, 0.29) is 0 Å². The van der Waals surface area contributed by atoms with E-state index in [1.807, 2.05) is 12.1 Å². The lowest BCUT2D eigenvalue weighted by Gasteiger charge is -2.04. The highest BCUT2D eigenvalue weighted by Gasteiger charge is 2.06. The monoisotopic (exact) mass is 359 g/mol. The average Bonchev–Trinajstić information content (AvgIpc) is 3.03. The number of anilines is 2. The number of benzene rings is 2. The standard InChI is InChI=1S/C17H17N3S3/c1-12-5-3-4-6-15(12)18-16-19-20-17(23-16)22-11-13-7-9-14(21-2)10-8-13/h3-10H,11H2,1-2H3,(H,18,19). The third kappa shape index (κ3) is 4.50. The van der Waals surface area contributed by atoms with Gasteiger partial charge >= 0.3 is 0 Å². The van der Waals surface area contributed by atoms with Crippen molar-refractivity contribution in [3.8, 4) is 0 Å². The van der Waals surface area contributed by atoms with E-state index < -0.39 is 0 Å². The molecule has 3 nitrogen and oxygen atoms in total. The highest BCUT2D eigenvalue weighted by molar-refractivity contribution is 8.00. The minimum Gasteiger partial charge on any atom is -0.330 e. The summed E-state index contributed by atoms with van der Waals surface area (Å²) in [5.74, 6) is 0.910. The lowest BCUT2D eigenvalue weighted by atomic mass is 10.2. The molecule has 0 saturated carbocycles. The number of aromatic nitrogens is 2. The van der Waals surface area contributed by atoms with Crippen LogP contribution in [0.5, 0.6) is 0 Å². The average molecular weight is 360 g/mol. The summed E-state index contributed by atoms with van der Waals surface area (Å²) in [6.07, 6.45) is 2.09. The van der Waals surface area contributed by atoms with E-state index >= 15 is 0 Å². The van der Waals surface area contributed by atoms with Gasteiger partial charge in [0.2, 0.25) is 5.13 Å². The third-order valence-corrected chi connectivity index (χ3v) is 6.10. The molecule has 0 aliphatic carbocycles. The van der Waals surface area contributed by atoms with Crippen molar-refractivity contribution in [2.45, 2.75) is 21.9 Å². The van der Waals surface area contributed by atoms with Gasteiger partial charge in [0.25, 0.3) is 0 Å². The second-order valence-corrected chi connectivity index (χ2v) is 8.03. The molecule has 0 atom stereocenters. The Bertz CT molecular complexity index is 769. The predicted molar refractivity (Wildman–Crippen MR) is 102 cm³/mol. The first-order valence-corrected chi connectivity index (χ1v) is 10.2. The molecule has 6 heteroatoms. The fraction of sp³-hybridized carbons (Fsp3) is 0.176. The minimum atomic E-state index is 0.833. The van der Waals surface area contributed by atoms with Crippen LogP contribution in [0.3, 0.4) is 0 Å². The molecule has 2 aromatic carbocycles. The Morgan fingerprint density at radius 1 is 1.04 bits per heavy atom. The van der Waals surface area contributed by atoms with Gasteiger partial charge in [0.15, 0.2) is 4.34 Å². The Morgan fingerprint density at radius 2 is 1.83 bits per heavy atom. The Hall–Kier alpha value is -1.50. The van der Waals surface area contributed by atoms with E-state index in [4.69, 9.17) is 0 Å². The Balaban J connectivity index is 1.59. The first kappa shape index (κ1) is 16.4. The maximum absolute atomic E-state index is 4.26. The van der Waals surface area contributed by atoms with E-state index in [0.717, 1.165) is 20.9 Å². The number of aryl methyl sites for hydroxylation is 1. The first-order chi connectivity index (χ1) is 11.2. The third-order valence-electron chi connectivity index (χ3n) is 3.31. The van der Waals surface area contributed by atoms with Crippen molar-refractivity contribution >= 4 is 45.7 Å². The van der Waals surface area contributed by atoms with E-state index in [2.05, 4.69) is 65.1 Å². The van der Waals surface area contributed by atoms with Crippen LogP contribution in [-0.4, -0.2) is 16.5 Å². The van der Waals surface area contributed by atoms with E-state index in [1.54, 1.807) is 34.9 Å². The molecular weight excluding hydrogens is 342 g/mol. The lowest BCUT2D eigenvalue weighted by molar-refractivity contribution is 1.01. The van der Waals surface area contributed by atoms with E-state index in [9.17, 15) is 0 Å². The van der Waals surface area contributed by atoms with Crippen LogP contribution in [0.4, 0.5) is 10.8 Å². The SMILES string of the molecule is CSc1ccc(CSc2nnc(Nc3ccccc3C)s2)cc1. The molecule has 0 bridgehead atoms. The largest absolute Gasteiger partial charge is 0.330 e. The quantitative estimate of drug-likeness (QED) is 0.580. The van der Waals surface area contributed by atoms with Gasteiger partial charge in [-0.3, -0.25) is 0 Å². The summed E-state index contributed by atoms with van der Waals surface area (Å²) in [6, 6.07) is 16.8. The fourth-order valence-corrected chi connectivity index (χ4v) is 4.14. The number of nitrogens with zero attached hydrogens (tertiary/aromatic N) is 2. The van der Waals surface area contributed by atoms with Gasteiger partial charge in [-0.25, -0.2) is 0 Å². The number of para-hydroxylation sites is 1. The van der Waals surface area contributed by atoms with Crippen LogP contribution in [0.1, 0.15) is 11.1 Å². The van der Waals surface area contributed by atoms with Gasteiger partial charge in [0, 0.05) is 16.3 Å². The molecule has 0 aliphatic heterocycles. The molecule has 23 heavy (non-hydrogen) atoms. The van der Waals surface area contributed by atoms with Gasteiger partial charge in [0.05, 0.1) is 0 Å². The van der Waals surface area contributed by atoms with E-state index in [0.29, 0.717) is 0 Å². The summed E-state index contributed by atoms with van der Waals surface area (Å²) in [6.45, 7) is 2.08. The minimum absolute atomic E-state index is 0.833. The van der Waals surface area contributed by atoms with Crippen LogP contribution in [0, 0.1) is 6.92 Å². The molecule has 0 unspecified atom stereocenters. The van der Waals surface area contributed by atoms with Gasteiger partial charge in [-0.1, -0.05) is 53.4 Å². The summed E-state index contributed by atoms with van der Waals surface area (Å²) in [5.41, 5.74) is 3.58. The highest BCUT2D eigenvalue weighted by atomic mass is 32.2. The van der Waals surface area contributed by atoms with Crippen molar-refractivity contribution in [2.24, 2.45) is 0 Å². The maximum atomic E-state index is 4.26. The number of hydrogen-bond donors (Lipinski definition) is 1. The molecule has 1 heterocycles. The second-order valence-electron chi connectivity index (χ2n) is 4.95. The summed E-state index contributed by atoms with van der Waals surface area (Å²) in [7, 11) is 0. The van der Waals surface area contributed by atoms with Crippen molar-refractivity contribution in [3.63, 3.8) is 0 Å². The maximum Gasteiger partial charge on any atom is 0.210 e. The normalized spacial score (nSPS) is 10.7. The van der Waals surface area contributed by atoms with Gasteiger partial charge in [-0.05, 0) is 42.5 Å². The summed E-state index contributed by atoms with van der Waals surface area (Å²) < 4.78 is 0.982. The van der Waals surface area contributed by atoms with Crippen molar-refractivity contribution in [1.29, 1.82) is 0 Å². The van der Waals surface area contributed by atoms with Crippen LogP contribution < -0.4 is 5.32 Å². The molecule has 0 aliphatic rings. The van der Waals surface area contributed by atoms with Crippen molar-refractivity contribution in [1.82, 2.24) is 10.2 Å². The van der Waals surface area contributed by atoms with Crippen LogP contribution in [0.2, 0.25) is 0 Å². The molecule has 3 rings (SSSR count). The second kappa shape index (κ2) is 7.86. The molecule has 1 aromatic heterocycles. The summed E-state index contributed by atoms with van der Waals surface area (Å²) >= 11 is 5.07. The van der Waals surface area contributed by atoms with Gasteiger partial charge in [-0.15, -0.1) is 22.0 Å². The fourth-order valence-electron chi connectivity index (χ4n) is 2.01. The van der Waals surface area contributed by atoms with Crippen molar-refractivity contribution < 1.29 is 0 Å². The molecule has 0 saturated heterocycles. The summed E-state index contributed by atoms with van der Waals surface area (Å²) in [4.78, 5) is 1.29. The van der Waals surface area contributed by atoms with Gasteiger partial charge in [-0.2, -0.15) is 0 Å². The van der Waals surface area contributed by atoms with Crippen LogP contribution in [0.15, 0.2) is 57.8 Å². The Kier molecular flexibility index (Phi) is 5.59. The van der Waals surface area contributed by atoms with Crippen LogP contribution in [0.25, 0.3) is 0 Å². The molecule has 0 fully saturated rings. The molecule has 0 spiro atoms. The molecule has 3 aromatic rings. The Labute approximate surface area is 148 Å². The smallest absolute Gasteiger partial charge is 0.210 e. The zero-order chi connectivity index (χ0) is 16.1. The zero-order valence-electron chi connectivity index (χ0n) is 12.9. The van der Waals surface area contributed by atoms with Crippen molar-refractivity contribution in [2.75, 3.05) is 11.6 Å². The number of thioether (sulfide) groups is 2. The van der Waals surface area contributed by atoms with Crippen LogP contribution >= 0.6 is 34.9 Å². The predicted octanol–water partition coefficient (Wildman–Crippen LogP) is 5.60. The van der Waals surface area contributed by atoms with Crippen molar-refractivity contribution in [3.05, 3.63) is 59.7 Å². The lowest BCUT2D eigenvalue weighted by Crippen LogP contribution is -1.91. The summed E-state index contributed by atoms with van der Waals surface area (Å²) in [5, 5.41) is 12.6. The molecular formula is C17H17N3S3. The van der Waals surface area contributed by atoms with Gasteiger partial charge < -0.3 is 5.32 Å². The number of rotatable bonds is 6. The first-order valence-electron chi connectivity index (χ1n) is 7.16. The highest BCUT2D eigenvalue weighted by Crippen LogP contribution is 2.30. The van der Waals surface area contributed by atoms with E-state index in [1.165, 1.54) is 16.0 Å². The molecule has 118 valence electrons. The molecule has 0 amide bonds. The molecule has 0 radical (unpaired) electrons. The number of hydrogen-bond acceptors (Lipinski definition) is 6. The van der Waals surface area contributed by atoms with Crippen LogP contribution in [-0.2, 0) is 5.75 Å². The zero-order valence-corrected chi connectivity index (χ0v) is 15.4.